The van der Waals surface area contributed by atoms with Crippen LogP contribution in [-0.4, -0.2) is 23.1 Å². The van der Waals surface area contributed by atoms with Crippen LogP contribution in [0.3, 0.4) is 0 Å². The first kappa shape index (κ1) is 16.6. The van der Waals surface area contributed by atoms with Gasteiger partial charge in [-0.3, -0.25) is 4.79 Å². The highest BCUT2D eigenvalue weighted by Crippen LogP contribution is 2.41. The zero-order valence-electron chi connectivity index (χ0n) is 12.1. The molecule has 0 radical (unpaired) electrons. The van der Waals surface area contributed by atoms with Crippen molar-refractivity contribution in [1.82, 2.24) is 4.90 Å². The van der Waals surface area contributed by atoms with E-state index in [2.05, 4.69) is 0 Å². The SMILES string of the molecule is O=C(Cc1ccc(F)cc1)N1CCSC1c1ccc(Cl)cc1Cl. The molecule has 2 nitrogen and oxygen atoms in total. The molecule has 0 aromatic heterocycles. The Morgan fingerprint density at radius 1 is 1.22 bits per heavy atom. The molecule has 1 unspecified atom stereocenters. The summed E-state index contributed by atoms with van der Waals surface area (Å²) in [5.74, 6) is 0.570. The second-order valence-electron chi connectivity index (χ2n) is 5.28. The molecule has 0 bridgehead atoms. The van der Waals surface area contributed by atoms with E-state index in [9.17, 15) is 9.18 Å². The Hall–Kier alpha value is -1.23. The predicted octanol–water partition coefficient (Wildman–Crippen LogP) is 4.95. The van der Waals surface area contributed by atoms with E-state index in [0.717, 1.165) is 16.9 Å². The van der Waals surface area contributed by atoms with Crippen LogP contribution in [0.25, 0.3) is 0 Å². The average Bonchev–Trinajstić information content (AvgIpc) is 2.99. The first-order valence-electron chi connectivity index (χ1n) is 7.15. The van der Waals surface area contributed by atoms with Gasteiger partial charge >= 0.3 is 0 Å². The van der Waals surface area contributed by atoms with Gasteiger partial charge in [-0.15, -0.1) is 11.8 Å². The van der Waals surface area contributed by atoms with Gasteiger partial charge in [0.1, 0.15) is 11.2 Å². The normalized spacial score (nSPS) is 17.5. The van der Waals surface area contributed by atoms with Gasteiger partial charge in [0, 0.05) is 27.9 Å². The number of rotatable bonds is 3. The molecule has 0 N–H and O–H groups in total. The Kier molecular flexibility index (Phi) is 5.14. The van der Waals surface area contributed by atoms with E-state index in [0.29, 0.717) is 16.6 Å². The highest BCUT2D eigenvalue weighted by atomic mass is 35.5. The van der Waals surface area contributed by atoms with Crippen LogP contribution in [0.1, 0.15) is 16.5 Å². The van der Waals surface area contributed by atoms with Gasteiger partial charge in [-0.05, 0) is 29.8 Å². The molecule has 1 saturated heterocycles. The molecule has 120 valence electrons. The van der Waals surface area contributed by atoms with Crippen LogP contribution in [0.5, 0.6) is 0 Å². The van der Waals surface area contributed by atoms with E-state index >= 15 is 0 Å². The van der Waals surface area contributed by atoms with E-state index < -0.39 is 0 Å². The molecule has 1 aliphatic rings. The fraction of sp³-hybridized carbons (Fsp3) is 0.235. The number of carbonyl (C=O) groups excluding carboxylic acids is 1. The Morgan fingerprint density at radius 2 is 1.96 bits per heavy atom. The lowest BCUT2D eigenvalue weighted by Gasteiger charge is -2.25. The molecular weight excluding hydrogens is 356 g/mol. The van der Waals surface area contributed by atoms with Crippen LogP contribution >= 0.6 is 35.0 Å². The van der Waals surface area contributed by atoms with Crippen molar-refractivity contribution in [2.75, 3.05) is 12.3 Å². The standard InChI is InChI=1S/C17H14Cl2FNOS/c18-12-3-6-14(15(19)10-12)17-21(7-8-23-17)16(22)9-11-1-4-13(20)5-2-11/h1-6,10,17H,7-9H2. The average molecular weight is 370 g/mol. The lowest BCUT2D eigenvalue weighted by atomic mass is 10.1. The van der Waals surface area contributed by atoms with Crippen LogP contribution in [0, 0.1) is 5.82 Å². The number of halogens is 3. The summed E-state index contributed by atoms with van der Waals surface area (Å²) in [6.07, 6.45) is 0.253. The third-order valence-electron chi connectivity index (χ3n) is 3.71. The molecule has 1 heterocycles. The minimum atomic E-state index is -0.302. The summed E-state index contributed by atoms with van der Waals surface area (Å²) in [4.78, 5) is 14.4. The highest BCUT2D eigenvalue weighted by molar-refractivity contribution is 7.99. The fourth-order valence-corrected chi connectivity index (χ4v) is 4.45. The fourth-order valence-electron chi connectivity index (χ4n) is 2.56. The topological polar surface area (TPSA) is 20.3 Å². The summed E-state index contributed by atoms with van der Waals surface area (Å²) in [5, 5.41) is 1.04. The molecule has 1 atom stereocenters. The summed E-state index contributed by atoms with van der Waals surface area (Å²) in [6, 6.07) is 11.4. The van der Waals surface area contributed by atoms with Crippen molar-refractivity contribution in [2.45, 2.75) is 11.8 Å². The quantitative estimate of drug-likeness (QED) is 0.762. The van der Waals surface area contributed by atoms with Crippen molar-refractivity contribution in [3.63, 3.8) is 0 Å². The summed E-state index contributed by atoms with van der Waals surface area (Å²) < 4.78 is 13.0. The van der Waals surface area contributed by atoms with E-state index in [1.165, 1.54) is 12.1 Å². The summed E-state index contributed by atoms with van der Waals surface area (Å²) >= 11 is 13.9. The maximum absolute atomic E-state index is 13.0. The molecule has 6 heteroatoms. The van der Waals surface area contributed by atoms with Crippen molar-refractivity contribution in [2.24, 2.45) is 0 Å². The molecule has 1 amide bonds. The third kappa shape index (κ3) is 3.82. The minimum absolute atomic E-state index is 0.0117. The zero-order valence-corrected chi connectivity index (χ0v) is 14.5. The van der Waals surface area contributed by atoms with E-state index in [1.54, 1.807) is 36.0 Å². The number of hydrogen-bond acceptors (Lipinski definition) is 2. The number of amides is 1. The largest absolute Gasteiger partial charge is 0.325 e. The molecule has 0 saturated carbocycles. The molecule has 1 fully saturated rings. The Morgan fingerprint density at radius 3 is 2.65 bits per heavy atom. The van der Waals surface area contributed by atoms with E-state index in [4.69, 9.17) is 23.2 Å². The minimum Gasteiger partial charge on any atom is -0.325 e. The van der Waals surface area contributed by atoms with Crippen molar-refractivity contribution in [1.29, 1.82) is 0 Å². The maximum atomic E-state index is 13.0. The second-order valence-corrected chi connectivity index (χ2v) is 7.31. The molecule has 2 aromatic rings. The molecule has 0 spiro atoms. The molecule has 1 aliphatic heterocycles. The van der Waals surface area contributed by atoms with Crippen molar-refractivity contribution in [3.05, 3.63) is 69.5 Å². The number of benzene rings is 2. The smallest absolute Gasteiger partial charge is 0.228 e. The molecule has 0 aliphatic carbocycles. The predicted molar refractivity (Wildman–Crippen MR) is 93.5 cm³/mol. The van der Waals surface area contributed by atoms with Gasteiger partial charge in [-0.25, -0.2) is 4.39 Å². The first-order chi connectivity index (χ1) is 11.0. The Bertz CT molecular complexity index is 723. The monoisotopic (exact) mass is 369 g/mol. The van der Waals surface area contributed by atoms with Crippen LogP contribution < -0.4 is 0 Å². The van der Waals surface area contributed by atoms with Crippen LogP contribution in [0.2, 0.25) is 10.0 Å². The third-order valence-corrected chi connectivity index (χ3v) is 5.51. The zero-order chi connectivity index (χ0) is 16.4. The van der Waals surface area contributed by atoms with Gasteiger partial charge in [0.05, 0.1) is 6.42 Å². The lowest BCUT2D eigenvalue weighted by Crippen LogP contribution is -2.31. The highest BCUT2D eigenvalue weighted by Gasteiger charge is 2.31. The van der Waals surface area contributed by atoms with Gasteiger partial charge in [0.25, 0.3) is 0 Å². The number of hydrogen-bond donors (Lipinski definition) is 0. The molecule has 2 aromatic carbocycles. The van der Waals surface area contributed by atoms with Crippen LogP contribution in [0.15, 0.2) is 42.5 Å². The first-order valence-corrected chi connectivity index (χ1v) is 8.95. The van der Waals surface area contributed by atoms with E-state index in [-0.39, 0.29) is 23.5 Å². The van der Waals surface area contributed by atoms with E-state index in [1.807, 2.05) is 11.0 Å². The summed E-state index contributed by atoms with van der Waals surface area (Å²) in [5.41, 5.74) is 1.69. The number of carbonyl (C=O) groups is 1. The molecule has 3 rings (SSSR count). The molecule has 23 heavy (non-hydrogen) atoms. The maximum Gasteiger partial charge on any atom is 0.228 e. The summed E-state index contributed by atoms with van der Waals surface area (Å²) in [7, 11) is 0. The van der Waals surface area contributed by atoms with Gasteiger partial charge in [0.2, 0.25) is 5.91 Å². The van der Waals surface area contributed by atoms with Crippen molar-refractivity contribution < 1.29 is 9.18 Å². The van der Waals surface area contributed by atoms with Gasteiger partial charge in [0.15, 0.2) is 0 Å². The Balaban J connectivity index is 1.78. The van der Waals surface area contributed by atoms with Crippen molar-refractivity contribution in [3.8, 4) is 0 Å². The van der Waals surface area contributed by atoms with Gasteiger partial charge < -0.3 is 4.90 Å². The van der Waals surface area contributed by atoms with Crippen LogP contribution in [-0.2, 0) is 11.2 Å². The molecular formula is C17H14Cl2FNOS. The number of nitrogens with zero attached hydrogens (tertiary/aromatic N) is 1. The van der Waals surface area contributed by atoms with Gasteiger partial charge in [-0.2, -0.15) is 0 Å². The van der Waals surface area contributed by atoms with Crippen LogP contribution in [0.4, 0.5) is 4.39 Å². The van der Waals surface area contributed by atoms with Gasteiger partial charge in [-0.1, -0.05) is 41.4 Å². The summed E-state index contributed by atoms with van der Waals surface area (Å²) in [6.45, 7) is 0.675. The Labute approximate surface area is 148 Å². The van der Waals surface area contributed by atoms with Crippen molar-refractivity contribution >= 4 is 40.9 Å². The lowest BCUT2D eigenvalue weighted by molar-refractivity contribution is -0.130. The second kappa shape index (κ2) is 7.12. The number of thioether (sulfide) groups is 1.